The number of carbonyl (C=O) groups excluding carboxylic acids is 1. The van der Waals surface area contributed by atoms with Crippen LogP contribution in [0.5, 0.6) is 0 Å². The Kier molecular flexibility index (Phi) is 5.15. The molecule has 0 saturated carbocycles. The van der Waals surface area contributed by atoms with E-state index in [1.807, 2.05) is 26.8 Å². The molecule has 0 saturated heterocycles. The summed E-state index contributed by atoms with van der Waals surface area (Å²) in [7, 11) is 0. The first kappa shape index (κ1) is 14.2. The molecule has 1 aromatic heterocycles. The van der Waals surface area contributed by atoms with Gasteiger partial charge in [0, 0.05) is 23.9 Å². The van der Waals surface area contributed by atoms with Crippen molar-refractivity contribution >= 4 is 17.2 Å². The second kappa shape index (κ2) is 6.17. The third kappa shape index (κ3) is 3.82. The molecule has 0 radical (unpaired) electrons. The summed E-state index contributed by atoms with van der Waals surface area (Å²) in [5, 5.41) is 5.10. The molecule has 0 aromatic carbocycles. The van der Waals surface area contributed by atoms with Gasteiger partial charge in [-0.1, -0.05) is 13.0 Å². The Hall–Kier alpha value is -0.870. The summed E-state index contributed by atoms with van der Waals surface area (Å²) >= 11 is 1.72. The van der Waals surface area contributed by atoms with Crippen molar-refractivity contribution in [1.82, 2.24) is 5.32 Å². The van der Waals surface area contributed by atoms with Crippen molar-refractivity contribution in [2.45, 2.75) is 39.7 Å². The summed E-state index contributed by atoms with van der Waals surface area (Å²) in [5.74, 6) is 0.0616. The van der Waals surface area contributed by atoms with Crippen LogP contribution in [0.1, 0.15) is 32.1 Å². The number of nitrogens with one attached hydrogen (secondary N) is 1. The molecule has 0 aliphatic rings. The lowest BCUT2D eigenvalue weighted by atomic mass is 9.86. The van der Waals surface area contributed by atoms with E-state index in [2.05, 4.69) is 16.8 Å². The Morgan fingerprint density at radius 1 is 1.65 bits per heavy atom. The van der Waals surface area contributed by atoms with Gasteiger partial charge in [0.2, 0.25) is 5.91 Å². The number of carbonyl (C=O) groups is 1. The zero-order valence-corrected chi connectivity index (χ0v) is 11.6. The number of hydrogen-bond donors (Lipinski definition) is 2. The Bertz CT molecular complexity index is 344. The van der Waals surface area contributed by atoms with E-state index in [1.54, 1.807) is 11.3 Å². The van der Waals surface area contributed by atoms with Gasteiger partial charge in [-0.2, -0.15) is 0 Å². The van der Waals surface area contributed by atoms with Gasteiger partial charge >= 0.3 is 0 Å². The van der Waals surface area contributed by atoms with Gasteiger partial charge in [-0.05, 0) is 31.7 Å². The molecule has 1 rings (SSSR count). The van der Waals surface area contributed by atoms with Crippen LogP contribution in [0.3, 0.4) is 0 Å². The van der Waals surface area contributed by atoms with Crippen molar-refractivity contribution in [1.29, 1.82) is 0 Å². The van der Waals surface area contributed by atoms with Crippen molar-refractivity contribution < 1.29 is 4.79 Å². The average molecular weight is 254 g/mol. The first-order valence-electron chi connectivity index (χ1n) is 6.05. The van der Waals surface area contributed by atoms with Crippen LogP contribution >= 0.6 is 11.3 Å². The fourth-order valence-electron chi connectivity index (χ4n) is 1.58. The third-order valence-electron chi connectivity index (χ3n) is 3.24. The van der Waals surface area contributed by atoms with Crippen LogP contribution in [0.25, 0.3) is 0 Å². The minimum absolute atomic E-state index is 0.0616. The fourth-order valence-corrected chi connectivity index (χ4v) is 2.41. The molecular weight excluding hydrogens is 232 g/mol. The van der Waals surface area contributed by atoms with E-state index in [1.165, 1.54) is 4.88 Å². The van der Waals surface area contributed by atoms with Crippen LogP contribution in [-0.4, -0.2) is 18.5 Å². The minimum atomic E-state index is -0.441. The lowest BCUT2D eigenvalue weighted by Crippen LogP contribution is -2.47. The van der Waals surface area contributed by atoms with E-state index >= 15 is 0 Å². The zero-order valence-electron chi connectivity index (χ0n) is 10.8. The molecule has 0 bridgehead atoms. The second-order valence-electron chi connectivity index (χ2n) is 4.78. The number of hydrogen-bond acceptors (Lipinski definition) is 3. The predicted octanol–water partition coefficient (Wildman–Crippen LogP) is 2.17. The summed E-state index contributed by atoms with van der Waals surface area (Å²) < 4.78 is 0. The monoisotopic (exact) mass is 254 g/mol. The van der Waals surface area contributed by atoms with Crippen molar-refractivity contribution in [3.63, 3.8) is 0 Å². The summed E-state index contributed by atoms with van der Waals surface area (Å²) in [5.41, 5.74) is 5.23. The Morgan fingerprint density at radius 3 is 2.82 bits per heavy atom. The van der Waals surface area contributed by atoms with Crippen molar-refractivity contribution in [2.24, 2.45) is 11.1 Å². The molecule has 1 aromatic rings. The van der Waals surface area contributed by atoms with Gasteiger partial charge in [0.15, 0.2) is 0 Å². The standard InChI is InChI=1S/C13H22N2OS/c1-4-13(3,9-14)12(16)15-10(2)8-11-6-5-7-17-11/h5-7,10H,4,8-9,14H2,1-3H3,(H,15,16). The van der Waals surface area contributed by atoms with E-state index in [0.29, 0.717) is 6.54 Å². The maximum absolute atomic E-state index is 12.1. The largest absolute Gasteiger partial charge is 0.353 e. The number of nitrogens with two attached hydrogens (primary N) is 1. The Balaban J connectivity index is 2.51. The predicted molar refractivity (Wildman–Crippen MR) is 73.1 cm³/mol. The highest BCUT2D eigenvalue weighted by molar-refractivity contribution is 7.09. The van der Waals surface area contributed by atoms with E-state index in [9.17, 15) is 4.79 Å². The van der Waals surface area contributed by atoms with Gasteiger partial charge < -0.3 is 11.1 Å². The molecule has 2 atom stereocenters. The van der Waals surface area contributed by atoms with Crippen LogP contribution in [0, 0.1) is 5.41 Å². The van der Waals surface area contributed by atoms with Crippen LogP contribution in [-0.2, 0) is 11.2 Å². The molecule has 4 heteroatoms. The number of amides is 1. The molecule has 1 amide bonds. The fraction of sp³-hybridized carbons (Fsp3) is 0.615. The molecule has 0 spiro atoms. The van der Waals surface area contributed by atoms with Gasteiger partial charge in [0.05, 0.1) is 5.41 Å². The van der Waals surface area contributed by atoms with E-state index in [0.717, 1.165) is 12.8 Å². The molecule has 17 heavy (non-hydrogen) atoms. The molecule has 96 valence electrons. The Labute approximate surface area is 107 Å². The average Bonchev–Trinajstić information content (AvgIpc) is 2.80. The molecule has 3 N–H and O–H groups in total. The Morgan fingerprint density at radius 2 is 2.35 bits per heavy atom. The maximum atomic E-state index is 12.1. The topological polar surface area (TPSA) is 55.1 Å². The number of rotatable bonds is 6. The van der Waals surface area contributed by atoms with Crippen LogP contribution in [0.2, 0.25) is 0 Å². The molecule has 0 fully saturated rings. The highest BCUT2D eigenvalue weighted by atomic mass is 32.1. The maximum Gasteiger partial charge on any atom is 0.227 e. The van der Waals surface area contributed by atoms with E-state index in [4.69, 9.17) is 5.73 Å². The van der Waals surface area contributed by atoms with E-state index in [-0.39, 0.29) is 11.9 Å². The smallest absolute Gasteiger partial charge is 0.227 e. The molecule has 1 heterocycles. The first-order valence-corrected chi connectivity index (χ1v) is 6.93. The molecule has 3 nitrogen and oxygen atoms in total. The summed E-state index contributed by atoms with van der Waals surface area (Å²) in [4.78, 5) is 13.4. The third-order valence-corrected chi connectivity index (χ3v) is 4.14. The van der Waals surface area contributed by atoms with Gasteiger partial charge in [-0.15, -0.1) is 11.3 Å². The zero-order chi connectivity index (χ0) is 12.9. The lowest BCUT2D eigenvalue weighted by Gasteiger charge is -2.27. The van der Waals surface area contributed by atoms with E-state index < -0.39 is 5.41 Å². The second-order valence-corrected chi connectivity index (χ2v) is 5.81. The SMILES string of the molecule is CCC(C)(CN)C(=O)NC(C)Cc1cccs1. The van der Waals surface area contributed by atoms with Crippen LogP contribution in [0.4, 0.5) is 0 Å². The summed E-state index contributed by atoms with van der Waals surface area (Å²) in [6, 6.07) is 4.28. The number of thiophene rings is 1. The lowest BCUT2D eigenvalue weighted by molar-refractivity contribution is -0.130. The van der Waals surface area contributed by atoms with Gasteiger partial charge in [-0.3, -0.25) is 4.79 Å². The van der Waals surface area contributed by atoms with Gasteiger partial charge in [0.1, 0.15) is 0 Å². The normalized spacial score (nSPS) is 16.2. The molecule has 2 unspecified atom stereocenters. The highest BCUT2D eigenvalue weighted by Gasteiger charge is 2.30. The summed E-state index contributed by atoms with van der Waals surface area (Å²) in [6.45, 7) is 6.34. The highest BCUT2D eigenvalue weighted by Crippen LogP contribution is 2.20. The van der Waals surface area contributed by atoms with Crippen molar-refractivity contribution in [3.05, 3.63) is 22.4 Å². The van der Waals surface area contributed by atoms with Crippen molar-refractivity contribution in [3.8, 4) is 0 Å². The minimum Gasteiger partial charge on any atom is -0.353 e. The molecule has 0 aliphatic heterocycles. The quantitative estimate of drug-likeness (QED) is 0.817. The van der Waals surface area contributed by atoms with Crippen LogP contribution < -0.4 is 11.1 Å². The molecule has 0 aliphatic carbocycles. The van der Waals surface area contributed by atoms with Crippen molar-refractivity contribution in [2.75, 3.05) is 6.54 Å². The molecular formula is C13H22N2OS. The van der Waals surface area contributed by atoms with Crippen LogP contribution in [0.15, 0.2) is 17.5 Å². The first-order chi connectivity index (χ1) is 8.01. The van der Waals surface area contributed by atoms with Gasteiger partial charge in [0.25, 0.3) is 0 Å². The summed E-state index contributed by atoms with van der Waals surface area (Å²) in [6.07, 6.45) is 1.65. The van der Waals surface area contributed by atoms with Gasteiger partial charge in [-0.25, -0.2) is 0 Å².